The minimum Gasteiger partial charge on any atom is -0.496 e. The van der Waals surface area contributed by atoms with Gasteiger partial charge in [-0.15, -0.1) is 0 Å². The van der Waals surface area contributed by atoms with E-state index in [2.05, 4.69) is 40.9 Å². The van der Waals surface area contributed by atoms with Crippen molar-refractivity contribution in [3.8, 4) is 16.9 Å². The number of amides is 1. The maximum absolute atomic E-state index is 14.0. The quantitative estimate of drug-likeness (QED) is 0.652. The van der Waals surface area contributed by atoms with Crippen molar-refractivity contribution in [3.63, 3.8) is 0 Å². The summed E-state index contributed by atoms with van der Waals surface area (Å²) < 4.78 is 19.5. The number of methoxy groups -OCH3 is 1. The molecule has 0 radical (unpaired) electrons. The second kappa shape index (κ2) is 8.39. The highest BCUT2D eigenvalue weighted by Crippen LogP contribution is 2.41. The fraction of sp³-hybridized carbons (Fsp3) is 0.360. The lowest BCUT2D eigenvalue weighted by molar-refractivity contribution is -0.130. The summed E-state index contributed by atoms with van der Waals surface area (Å²) in [4.78, 5) is 23.9. The highest BCUT2D eigenvalue weighted by Gasteiger charge is 2.32. The number of pyridine rings is 1. The highest BCUT2D eigenvalue weighted by atomic mass is 19.1. The average Bonchev–Trinajstić information content (AvgIpc) is 3.16. The van der Waals surface area contributed by atoms with Crippen LogP contribution in [-0.4, -0.2) is 66.5 Å². The minimum absolute atomic E-state index is 0.0983. The molecule has 1 aliphatic rings. The Labute approximate surface area is 187 Å². The first-order valence-corrected chi connectivity index (χ1v) is 10.6. The van der Waals surface area contributed by atoms with Crippen molar-refractivity contribution in [2.45, 2.75) is 13.8 Å². The van der Waals surface area contributed by atoms with E-state index >= 15 is 0 Å². The third kappa shape index (κ3) is 4.12. The zero-order chi connectivity index (χ0) is 23.0. The van der Waals surface area contributed by atoms with Crippen LogP contribution in [0.5, 0.6) is 5.75 Å². The van der Waals surface area contributed by atoms with Crippen LogP contribution < -0.4 is 4.74 Å². The van der Waals surface area contributed by atoms with Gasteiger partial charge in [0.2, 0.25) is 5.91 Å². The molecule has 2 aromatic heterocycles. The standard InChI is InChI=1S/C25H29FN4O2/c1-25(2)15-30(14-23(31)29(3)4)11-9-20(25)21-13-19-17(8-10-27-24(19)28-21)18-12-16(26)6-7-22(18)32-5/h6-10,12-13H,11,14-15H2,1-5H3,(H,27,28). The van der Waals surface area contributed by atoms with Gasteiger partial charge in [-0.25, -0.2) is 9.37 Å². The summed E-state index contributed by atoms with van der Waals surface area (Å²) >= 11 is 0. The van der Waals surface area contributed by atoms with Crippen LogP contribution in [0, 0.1) is 11.2 Å². The van der Waals surface area contributed by atoms with Crippen LogP contribution in [0.25, 0.3) is 27.7 Å². The summed E-state index contributed by atoms with van der Waals surface area (Å²) in [5.41, 5.74) is 4.30. The number of H-pyrrole nitrogens is 1. The van der Waals surface area contributed by atoms with Gasteiger partial charge in [0, 0.05) is 55.4 Å². The molecule has 0 saturated heterocycles. The molecule has 1 N–H and O–H groups in total. The van der Waals surface area contributed by atoms with E-state index in [4.69, 9.17) is 4.74 Å². The number of hydrogen-bond donors (Lipinski definition) is 1. The van der Waals surface area contributed by atoms with Gasteiger partial charge in [-0.05, 0) is 41.5 Å². The Morgan fingerprint density at radius 1 is 1.25 bits per heavy atom. The number of nitrogens with one attached hydrogen (secondary N) is 1. The monoisotopic (exact) mass is 436 g/mol. The number of halogens is 1. The molecule has 0 bridgehead atoms. The Kier molecular flexibility index (Phi) is 5.77. The molecular formula is C25H29FN4O2. The first-order chi connectivity index (χ1) is 15.2. The molecule has 0 fully saturated rings. The van der Waals surface area contributed by atoms with Gasteiger partial charge in [-0.3, -0.25) is 9.69 Å². The van der Waals surface area contributed by atoms with Gasteiger partial charge in [0.25, 0.3) is 0 Å². The van der Waals surface area contributed by atoms with E-state index in [-0.39, 0.29) is 17.1 Å². The van der Waals surface area contributed by atoms with Gasteiger partial charge in [0.15, 0.2) is 0 Å². The predicted octanol–water partition coefficient (Wildman–Crippen LogP) is 4.19. The molecule has 1 amide bonds. The lowest BCUT2D eigenvalue weighted by Gasteiger charge is -2.38. The molecule has 4 rings (SSSR count). The molecule has 1 aromatic carbocycles. The number of aromatic nitrogens is 2. The van der Waals surface area contributed by atoms with E-state index in [0.717, 1.165) is 28.8 Å². The minimum atomic E-state index is -0.315. The van der Waals surface area contributed by atoms with Gasteiger partial charge < -0.3 is 14.6 Å². The van der Waals surface area contributed by atoms with E-state index in [1.165, 1.54) is 17.7 Å². The van der Waals surface area contributed by atoms with E-state index in [9.17, 15) is 9.18 Å². The molecule has 7 heteroatoms. The lowest BCUT2D eigenvalue weighted by atomic mass is 9.79. The smallest absolute Gasteiger partial charge is 0.236 e. The van der Waals surface area contributed by atoms with Crippen LogP contribution in [-0.2, 0) is 4.79 Å². The van der Waals surface area contributed by atoms with E-state index in [0.29, 0.717) is 24.4 Å². The summed E-state index contributed by atoms with van der Waals surface area (Å²) in [6, 6.07) is 8.48. The maximum atomic E-state index is 14.0. The van der Waals surface area contributed by atoms with Crippen LogP contribution in [0.4, 0.5) is 4.39 Å². The number of benzene rings is 1. The van der Waals surface area contributed by atoms with Crippen molar-refractivity contribution >= 4 is 22.5 Å². The fourth-order valence-corrected chi connectivity index (χ4v) is 4.43. The van der Waals surface area contributed by atoms with Crippen LogP contribution in [0.1, 0.15) is 19.5 Å². The van der Waals surface area contributed by atoms with Gasteiger partial charge in [-0.1, -0.05) is 19.9 Å². The predicted molar refractivity (Wildman–Crippen MR) is 125 cm³/mol. The first-order valence-electron chi connectivity index (χ1n) is 10.6. The van der Waals surface area contributed by atoms with E-state index in [1.807, 2.05) is 6.07 Å². The van der Waals surface area contributed by atoms with Crippen molar-refractivity contribution in [1.29, 1.82) is 0 Å². The van der Waals surface area contributed by atoms with Crippen molar-refractivity contribution in [2.24, 2.45) is 5.41 Å². The Hall–Kier alpha value is -3.19. The largest absolute Gasteiger partial charge is 0.496 e. The molecule has 0 unspecified atom stereocenters. The topological polar surface area (TPSA) is 61.5 Å². The number of ether oxygens (including phenoxy) is 1. The molecule has 6 nitrogen and oxygen atoms in total. The Balaban J connectivity index is 1.73. The Morgan fingerprint density at radius 3 is 2.72 bits per heavy atom. The van der Waals surface area contributed by atoms with Crippen molar-refractivity contribution in [3.05, 3.63) is 54.1 Å². The molecular weight excluding hydrogens is 407 g/mol. The number of likely N-dealkylation sites (N-methyl/N-ethyl adjacent to an activating group) is 1. The zero-order valence-corrected chi connectivity index (χ0v) is 19.2. The lowest BCUT2D eigenvalue weighted by Crippen LogP contribution is -2.44. The van der Waals surface area contributed by atoms with Crippen LogP contribution in [0.2, 0.25) is 0 Å². The first kappa shape index (κ1) is 22.0. The number of carbonyl (C=O) groups is 1. The Bertz CT molecular complexity index is 1200. The van der Waals surface area contributed by atoms with Crippen LogP contribution >= 0.6 is 0 Å². The van der Waals surface area contributed by atoms with Crippen LogP contribution in [0.15, 0.2) is 42.6 Å². The van der Waals surface area contributed by atoms with E-state index in [1.54, 1.807) is 38.4 Å². The number of fused-ring (bicyclic) bond motifs is 1. The highest BCUT2D eigenvalue weighted by molar-refractivity contribution is 5.97. The van der Waals surface area contributed by atoms with Gasteiger partial charge in [-0.2, -0.15) is 0 Å². The molecule has 0 spiro atoms. The maximum Gasteiger partial charge on any atom is 0.236 e. The summed E-state index contributed by atoms with van der Waals surface area (Å²) in [6.07, 6.45) is 3.90. The second-order valence-corrected chi connectivity index (χ2v) is 9.11. The van der Waals surface area contributed by atoms with Gasteiger partial charge in [0.1, 0.15) is 17.2 Å². The Morgan fingerprint density at radius 2 is 2.03 bits per heavy atom. The van der Waals surface area contributed by atoms with E-state index < -0.39 is 0 Å². The number of aromatic amines is 1. The SMILES string of the molecule is COc1ccc(F)cc1-c1ccnc2[nH]c(C3=CCN(CC(=O)N(C)C)CC3(C)C)cc12. The molecule has 0 aliphatic carbocycles. The molecule has 168 valence electrons. The summed E-state index contributed by atoms with van der Waals surface area (Å²) in [5, 5.41) is 0.910. The summed E-state index contributed by atoms with van der Waals surface area (Å²) in [5.74, 6) is 0.395. The van der Waals surface area contributed by atoms with Crippen molar-refractivity contribution in [2.75, 3.05) is 40.8 Å². The molecule has 3 heterocycles. The third-order valence-electron chi connectivity index (χ3n) is 6.03. The molecule has 32 heavy (non-hydrogen) atoms. The zero-order valence-electron chi connectivity index (χ0n) is 19.2. The third-order valence-corrected chi connectivity index (χ3v) is 6.03. The fourth-order valence-electron chi connectivity index (χ4n) is 4.43. The summed E-state index contributed by atoms with van der Waals surface area (Å²) in [7, 11) is 5.14. The molecule has 0 atom stereocenters. The van der Waals surface area contributed by atoms with Gasteiger partial charge in [0.05, 0.1) is 13.7 Å². The normalized spacial score (nSPS) is 16.1. The molecule has 1 aliphatic heterocycles. The molecule has 3 aromatic rings. The van der Waals surface area contributed by atoms with Gasteiger partial charge >= 0.3 is 0 Å². The van der Waals surface area contributed by atoms with Crippen molar-refractivity contribution < 1.29 is 13.9 Å². The van der Waals surface area contributed by atoms with Crippen LogP contribution in [0.3, 0.4) is 0 Å². The number of nitrogens with zero attached hydrogens (tertiary/aromatic N) is 3. The number of hydrogen-bond acceptors (Lipinski definition) is 4. The second-order valence-electron chi connectivity index (χ2n) is 9.11. The number of rotatable bonds is 5. The van der Waals surface area contributed by atoms with Crippen molar-refractivity contribution in [1.82, 2.24) is 19.8 Å². The number of carbonyl (C=O) groups excluding carboxylic acids is 1. The molecule has 0 saturated carbocycles. The summed E-state index contributed by atoms with van der Waals surface area (Å²) in [6.45, 7) is 6.23. The average molecular weight is 437 g/mol.